The summed E-state index contributed by atoms with van der Waals surface area (Å²) in [5, 5.41) is 5.57. The van der Waals surface area contributed by atoms with Gasteiger partial charge < -0.3 is 20.1 Å². The van der Waals surface area contributed by atoms with Gasteiger partial charge in [0.2, 0.25) is 0 Å². The van der Waals surface area contributed by atoms with Crippen LogP contribution in [0, 0.1) is 0 Å². The Morgan fingerprint density at radius 2 is 1.80 bits per heavy atom. The van der Waals surface area contributed by atoms with E-state index < -0.39 is 11.7 Å². The van der Waals surface area contributed by atoms with Crippen LogP contribution in [-0.4, -0.2) is 45.0 Å². The largest absolute Gasteiger partial charge is 0.444 e. The summed E-state index contributed by atoms with van der Waals surface area (Å²) in [5.41, 5.74) is -0.447. The zero-order valence-electron chi connectivity index (χ0n) is 10.1. The topological polar surface area (TPSA) is 59.6 Å². The summed E-state index contributed by atoms with van der Waals surface area (Å²) in [4.78, 5) is 11.1. The van der Waals surface area contributed by atoms with Gasteiger partial charge in [-0.05, 0) is 27.8 Å². The minimum Gasteiger partial charge on any atom is -0.444 e. The first-order chi connectivity index (χ1) is 6.95. The van der Waals surface area contributed by atoms with Crippen LogP contribution in [0.4, 0.5) is 4.79 Å². The molecule has 0 unspecified atom stereocenters. The first kappa shape index (κ1) is 14.2. The second kappa shape index (κ2) is 7.48. The van der Waals surface area contributed by atoms with Crippen molar-refractivity contribution in [2.24, 2.45) is 0 Å². The molecule has 0 rings (SSSR count). The molecule has 0 aliphatic rings. The fraction of sp³-hybridized carbons (Fsp3) is 0.900. The third kappa shape index (κ3) is 11.1. The van der Waals surface area contributed by atoms with Crippen molar-refractivity contribution in [3.05, 3.63) is 0 Å². The molecule has 0 saturated carbocycles. The lowest BCUT2D eigenvalue weighted by Gasteiger charge is -2.19. The van der Waals surface area contributed by atoms with E-state index in [1.54, 1.807) is 0 Å². The zero-order valence-corrected chi connectivity index (χ0v) is 10.1. The van der Waals surface area contributed by atoms with E-state index in [0.29, 0.717) is 19.8 Å². The Hall–Kier alpha value is -0.810. The lowest BCUT2D eigenvalue weighted by Crippen LogP contribution is -2.34. The average Bonchev–Trinajstić information content (AvgIpc) is 2.08. The highest BCUT2D eigenvalue weighted by Gasteiger charge is 2.15. The summed E-state index contributed by atoms with van der Waals surface area (Å²) in [6, 6.07) is 0. The van der Waals surface area contributed by atoms with Crippen LogP contribution in [0.5, 0.6) is 0 Å². The van der Waals surface area contributed by atoms with Gasteiger partial charge in [0.05, 0.1) is 13.2 Å². The van der Waals surface area contributed by atoms with E-state index in [0.717, 1.165) is 6.54 Å². The molecular formula is C10H22N2O3. The highest BCUT2D eigenvalue weighted by atomic mass is 16.6. The molecule has 15 heavy (non-hydrogen) atoms. The molecule has 0 aromatic heterocycles. The monoisotopic (exact) mass is 218 g/mol. The quantitative estimate of drug-likeness (QED) is 0.646. The number of carbonyl (C=O) groups is 1. The average molecular weight is 218 g/mol. The second-order valence-electron chi connectivity index (χ2n) is 4.14. The Morgan fingerprint density at radius 1 is 1.20 bits per heavy atom. The van der Waals surface area contributed by atoms with E-state index >= 15 is 0 Å². The summed E-state index contributed by atoms with van der Waals surface area (Å²) >= 11 is 0. The molecule has 0 aliphatic carbocycles. The lowest BCUT2D eigenvalue weighted by atomic mass is 10.2. The Labute approximate surface area is 91.5 Å². The number of alkyl carbamates (subject to hydrolysis) is 1. The van der Waals surface area contributed by atoms with E-state index in [1.165, 1.54) is 0 Å². The number of carbonyl (C=O) groups excluding carboxylic acids is 1. The molecule has 0 aromatic rings. The number of amides is 1. The van der Waals surface area contributed by atoms with E-state index in [-0.39, 0.29) is 0 Å². The van der Waals surface area contributed by atoms with Crippen molar-refractivity contribution < 1.29 is 14.3 Å². The number of rotatable bonds is 6. The molecule has 0 heterocycles. The summed E-state index contributed by atoms with van der Waals surface area (Å²) < 4.78 is 10.3. The van der Waals surface area contributed by atoms with Crippen LogP contribution < -0.4 is 10.6 Å². The van der Waals surface area contributed by atoms with Gasteiger partial charge >= 0.3 is 6.09 Å². The van der Waals surface area contributed by atoms with Crippen molar-refractivity contribution in [2.45, 2.75) is 26.4 Å². The van der Waals surface area contributed by atoms with Gasteiger partial charge in [0.15, 0.2) is 0 Å². The van der Waals surface area contributed by atoms with Gasteiger partial charge in [0.25, 0.3) is 0 Å². The van der Waals surface area contributed by atoms with Crippen LogP contribution in [0.3, 0.4) is 0 Å². The fourth-order valence-corrected chi connectivity index (χ4v) is 0.816. The first-order valence-corrected chi connectivity index (χ1v) is 5.15. The van der Waals surface area contributed by atoms with E-state index in [4.69, 9.17) is 9.47 Å². The number of ether oxygens (including phenoxy) is 2. The van der Waals surface area contributed by atoms with Crippen LogP contribution in [-0.2, 0) is 9.47 Å². The molecule has 90 valence electrons. The molecule has 0 saturated heterocycles. The Morgan fingerprint density at radius 3 is 2.33 bits per heavy atom. The first-order valence-electron chi connectivity index (χ1n) is 5.15. The molecule has 0 atom stereocenters. The maximum atomic E-state index is 11.1. The molecule has 5 heteroatoms. The van der Waals surface area contributed by atoms with E-state index in [2.05, 4.69) is 10.6 Å². The standard InChI is InChI=1S/C10H22N2O3/c1-10(2,3)15-9(13)12-6-8-14-7-5-11-4/h11H,5-8H2,1-4H3,(H,12,13). The SMILES string of the molecule is CNCCOCCNC(=O)OC(C)(C)C. The normalized spacial score (nSPS) is 11.2. The number of hydrogen-bond acceptors (Lipinski definition) is 4. The molecule has 0 aromatic carbocycles. The van der Waals surface area contributed by atoms with Crippen LogP contribution >= 0.6 is 0 Å². The highest BCUT2D eigenvalue weighted by molar-refractivity contribution is 5.67. The van der Waals surface area contributed by atoms with Crippen molar-refractivity contribution in [1.82, 2.24) is 10.6 Å². The molecule has 1 amide bonds. The predicted octanol–water partition coefficient (Wildman–Crippen LogP) is 0.747. The van der Waals surface area contributed by atoms with Crippen molar-refractivity contribution >= 4 is 6.09 Å². The molecule has 0 bridgehead atoms. The number of likely N-dealkylation sites (N-methyl/N-ethyl adjacent to an activating group) is 1. The van der Waals surface area contributed by atoms with Gasteiger partial charge in [0.1, 0.15) is 5.60 Å². The Balaban J connectivity index is 3.32. The van der Waals surface area contributed by atoms with Crippen molar-refractivity contribution in [2.75, 3.05) is 33.4 Å². The van der Waals surface area contributed by atoms with E-state index in [1.807, 2.05) is 27.8 Å². The summed E-state index contributed by atoms with van der Waals surface area (Å²) in [6.45, 7) is 7.92. The third-order valence-electron chi connectivity index (χ3n) is 1.41. The molecule has 5 nitrogen and oxygen atoms in total. The number of hydrogen-bond donors (Lipinski definition) is 2. The van der Waals surface area contributed by atoms with Crippen LogP contribution in [0.25, 0.3) is 0 Å². The molecule has 0 aliphatic heterocycles. The van der Waals surface area contributed by atoms with Gasteiger partial charge in [-0.2, -0.15) is 0 Å². The second-order valence-corrected chi connectivity index (χ2v) is 4.14. The highest BCUT2D eigenvalue weighted by Crippen LogP contribution is 2.05. The molecule has 0 spiro atoms. The Bertz CT molecular complexity index is 178. The predicted molar refractivity (Wildman–Crippen MR) is 59.0 cm³/mol. The van der Waals surface area contributed by atoms with Crippen molar-refractivity contribution in [3.8, 4) is 0 Å². The van der Waals surface area contributed by atoms with Gasteiger partial charge in [-0.1, -0.05) is 0 Å². The van der Waals surface area contributed by atoms with E-state index in [9.17, 15) is 4.79 Å². The molecule has 2 N–H and O–H groups in total. The zero-order chi connectivity index (χ0) is 11.7. The minimum atomic E-state index is -0.447. The summed E-state index contributed by atoms with van der Waals surface area (Å²) in [6.07, 6.45) is -0.403. The number of nitrogens with one attached hydrogen (secondary N) is 2. The summed E-state index contributed by atoms with van der Waals surface area (Å²) in [7, 11) is 1.86. The fourth-order valence-electron chi connectivity index (χ4n) is 0.816. The van der Waals surface area contributed by atoms with Gasteiger partial charge in [-0.15, -0.1) is 0 Å². The lowest BCUT2D eigenvalue weighted by molar-refractivity contribution is 0.0500. The van der Waals surface area contributed by atoms with Crippen LogP contribution in [0.15, 0.2) is 0 Å². The van der Waals surface area contributed by atoms with Crippen LogP contribution in [0.1, 0.15) is 20.8 Å². The van der Waals surface area contributed by atoms with Crippen molar-refractivity contribution in [3.63, 3.8) is 0 Å². The van der Waals surface area contributed by atoms with Crippen molar-refractivity contribution in [1.29, 1.82) is 0 Å². The Kier molecular flexibility index (Phi) is 7.07. The minimum absolute atomic E-state index is 0.403. The smallest absolute Gasteiger partial charge is 0.407 e. The third-order valence-corrected chi connectivity index (χ3v) is 1.41. The molecular weight excluding hydrogens is 196 g/mol. The van der Waals surface area contributed by atoms with Gasteiger partial charge in [0, 0.05) is 13.1 Å². The maximum Gasteiger partial charge on any atom is 0.407 e. The molecule has 0 fully saturated rings. The van der Waals surface area contributed by atoms with Gasteiger partial charge in [-0.25, -0.2) is 4.79 Å². The van der Waals surface area contributed by atoms with Crippen LogP contribution in [0.2, 0.25) is 0 Å². The molecule has 0 radical (unpaired) electrons. The van der Waals surface area contributed by atoms with Gasteiger partial charge in [-0.3, -0.25) is 0 Å². The summed E-state index contributed by atoms with van der Waals surface area (Å²) in [5.74, 6) is 0. The maximum absolute atomic E-state index is 11.1.